The van der Waals surface area contributed by atoms with Gasteiger partial charge in [-0.1, -0.05) is 6.07 Å². The number of carbonyl (C=O) groups excluding carboxylic acids is 2. The Labute approximate surface area is 192 Å². The zero-order valence-electron chi connectivity index (χ0n) is 19.9. The second-order valence-electron chi connectivity index (χ2n) is 7.71. The Kier molecular flexibility index (Phi) is 7.01. The minimum atomic E-state index is -0.619. The Morgan fingerprint density at radius 1 is 0.758 bits per heavy atom. The van der Waals surface area contributed by atoms with E-state index in [2.05, 4.69) is 25.3 Å². The zero-order valence-corrected chi connectivity index (χ0v) is 19.9. The standard InChI is InChI=1S/C24H27N5O4/c1-12-14(3)28-21(16(5)26-12)23(30)25-11-18-8-9-19(20(10-18)32-7)33-24(31)22-17(6)27-13(2)15(4)29-22/h8-10H,11H2,1-7H3,(H,25,30). The fourth-order valence-corrected chi connectivity index (χ4v) is 3.16. The van der Waals surface area contributed by atoms with Crippen LogP contribution in [0.4, 0.5) is 0 Å². The average Bonchev–Trinajstić information content (AvgIpc) is 2.77. The molecule has 0 atom stereocenters. The number of esters is 1. The van der Waals surface area contributed by atoms with Crippen LogP contribution in [0.1, 0.15) is 60.7 Å². The van der Waals surface area contributed by atoms with Crippen LogP contribution in [0.5, 0.6) is 11.5 Å². The highest BCUT2D eigenvalue weighted by molar-refractivity contribution is 5.93. The molecule has 0 bridgehead atoms. The lowest BCUT2D eigenvalue weighted by Crippen LogP contribution is -2.25. The van der Waals surface area contributed by atoms with Gasteiger partial charge in [0.1, 0.15) is 5.69 Å². The van der Waals surface area contributed by atoms with Crippen LogP contribution in [0, 0.1) is 41.5 Å². The molecule has 0 spiro atoms. The number of ether oxygens (including phenoxy) is 2. The third kappa shape index (κ3) is 5.31. The SMILES string of the molecule is COc1cc(CNC(=O)c2nc(C)c(C)nc2C)ccc1OC(=O)c1nc(C)c(C)nc1C. The molecule has 3 aromatic rings. The number of aromatic nitrogens is 4. The van der Waals surface area contributed by atoms with Gasteiger partial charge in [-0.2, -0.15) is 0 Å². The van der Waals surface area contributed by atoms with Crippen molar-refractivity contribution in [3.05, 3.63) is 69.3 Å². The Bertz CT molecular complexity index is 1240. The number of amides is 1. The molecule has 1 aromatic carbocycles. The lowest BCUT2D eigenvalue weighted by atomic mass is 10.2. The smallest absolute Gasteiger partial charge is 0.364 e. The molecule has 0 radical (unpaired) electrons. The highest BCUT2D eigenvalue weighted by Crippen LogP contribution is 2.29. The Hall–Kier alpha value is -3.88. The van der Waals surface area contributed by atoms with Gasteiger partial charge in [-0.15, -0.1) is 0 Å². The van der Waals surface area contributed by atoms with E-state index in [1.807, 2.05) is 20.8 Å². The summed E-state index contributed by atoms with van der Waals surface area (Å²) >= 11 is 0. The molecule has 0 aliphatic carbocycles. The molecule has 1 N–H and O–H groups in total. The molecule has 0 aliphatic heterocycles. The summed E-state index contributed by atoms with van der Waals surface area (Å²) in [5, 5.41) is 2.84. The van der Waals surface area contributed by atoms with Crippen LogP contribution in [0.3, 0.4) is 0 Å². The largest absolute Gasteiger partial charge is 0.493 e. The van der Waals surface area contributed by atoms with E-state index in [0.29, 0.717) is 34.2 Å². The van der Waals surface area contributed by atoms with Gasteiger partial charge in [-0.25, -0.2) is 14.8 Å². The molecule has 33 heavy (non-hydrogen) atoms. The van der Waals surface area contributed by atoms with Crippen LogP contribution < -0.4 is 14.8 Å². The van der Waals surface area contributed by atoms with E-state index in [1.54, 1.807) is 39.0 Å². The van der Waals surface area contributed by atoms with E-state index in [4.69, 9.17) is 9.47 Å². The lowest BCUT2D eigenvalue weighted by Gasteiger charge is -2.13. The molecule has 0 aliphatic rings. The quantitative estimate of drug-likeness (QED) is 0.450. The molecule has 9 nitrogen and oxygen atoms in total. The predicted octanol–water partition coefficient (Wildman–Crippen LogP) is 3.27. The summed E-state index contributed by atoms with van der Waals surface area (Å²) in [5.41, 5.74) is 5.19. The Morgan fingerprint density at radius 2 is 1.30 bits per heavy atom. The van der Waals surface area contributed by atoms with Gasteiger partial charge >= 0.3 is 5.97 Å². The lowest BCUT2D eigenvalue weighted by molar-refractivity contribution is 0.0721. The van der Waals surface area contributed by atoms with Crippen LogP contribution in [0.25, 0.3) is 0 Å². The number of benzene rings is 1. The second-order valence-corrected chi connectivity index (χ2v) is 7.71. The van der Waals surface area contributed by atoms with Gasteiger partial charge in [0, 0.05) is 6.54 Å². The predicted molar refractivity (Wildman–Crippen MR) is 122 cm³/mol. The maximum absolute atomic E-state index is 12.7. The Morgan fingerprint density at radius 3 is 1.91 bits per heavy atom. The molecule has 0 saturated heterocycles. The van der Waals surface area contributed by atoms with Crippen molar-refractivity contribution in [2.45, 2.75) is 48.1 Å². The number of aryl methyl sites for hydroxylation is 6. The van der Waals surface area contributed by atoms with Crippen LogP contribution in [-0.2, 0) is 6.54 Å². The fraction of sp³-hybridized carbons (Fsp3) is 0.333. The maximum Gasteiger partial charge on any atom is 0.364 e. The number of hydrogen-bond donors (Lipinski definition) is 1. The van der Waals surface area contributed by atoms with Gasteiger partial charge in [-0.3, -0.25) is 14.8 Å². The molecule has 0 fully saturated rings. The third-order valence-corrected chi connectivity index (χ3v) is 5.25. The first-order valence-corrected chi connectivity index (χ1v) is 10.4. The monoisotopic (exact) mass is 449 g/mol. The number of nitrogens with one attached hydrogen (secondary N) is 1. The van der Waals surface area contributed by atoms with Gasteiger partial charge in [0.2, 0.25) is 0 Å². The van der Waals surface area contributed by atoms with Crippen molar-refractivity contribution in [3.63, 3.8) is 0 Å². The van der Waals surface area contributed by atoms with Gasteiger partial charge in [0.05, 0.1) is 41.3 Å². The van der Waals surface area contributed by atoms with Crippen molar-refractivity contribution in [3.8, 4) is 11.5 Å². The molecule has 0 saturated carbocycles. The van der Waals surface area contributed by atoms with Crippen molar-refractivity contribution >= 4 is 11.9 Å². The topological polar surface area (TPSA) is 116 Å². The first-order valence-electron chi connectivity index (χ1n) is 10.4. The fourth-order valence-electron chi connectivity index (χ4n) is 3.16. The van der Waals surface area contributed by atoms with Crippen molar-refractivity contribution < 1.29 is 19.1 Å². The summed E-state index contributed by atoms with van der Waals surface area (Å²) in [6.45, 7) is 11.0. The van der Waals surface area contributed by atoms with E-state index in [0.717, 1.165) is 17.0 Å². The van der Waals surface area contributed by atoms with Crippen molar-refractivity contribution in [2.75, 3.05) is 7.11 Å². The molecule has 172 valence electrons. The molecule has 2 aromatic heterocycles. The van der Waals surface area contributed by atoms with Crippen molar-refractivity contribution in [1.29, 1.82) is 0 Å². The van der Waals surface area contributed by atoms with Gasteiger partial charge in [0.25, 0.3) is 5.91 Å². The molecular formula is C24H27N5O4. The van der Waals surface area contributed by atoms with E-state index in [-0.39, 0.29) is 23.9 Å². The summed E-state index contributed by atoms with van der Waals surface area (Å²) in [6.07, 6.45) is 0. The molecule has 1 amide bonds. The van der Waals surface area contributed by atoms with Crippen LogP contribution in [0.2, 0.25) is 0 Å². The van der Waals surface area contributed by atoms with Crippen molar-refractivity contribution in [2.24, 2.45) is 0 Å². The zero-order chi connectivity index (χ0) is 24.3. The normalized spacial score (nSPS) is 10.6. The summed E-state index contributed by atoms with van der Waals surface area (Å²) < 4.78 is 10.9. The minimum Gasteiger partial charge on any atom is -0.493 e. The van der Waals surface area contributed by atoms with E-state index < -0.39 is 5.97 Å². The van der Waals surface area contributed by atoms with Gasteiger partial charge in [-0.05, 0) is 59.2 Å². The molecular weight excluding hydrogens is 422 g/mol. The van der Waals surface area contributed by atoms with Crippen LogP contribution in [0.15, 0.2) is 18.2 Å². The number of rotatable bonds is 6. The third-order valence-electron chi connectivity index (χ3n) is 5.25. The van der Waals surface area contributed by atoms with E-state index >= 15 is 0 Å². The van der Waals surface area contributed by atoms with Crippen LogP contribution >= 0.6 is 0 Å². The van der Waals surface area contributed by atoms with Gasteiger partial charge < -0.3 is 14.8 Å². The number of carbonyl (C=O) groups is 2. The summed E-state index contributed by atoms with van der Waals surface area (Å²) in [4.78, 5) is 42.6. The maximum atomic E-state index is 12.7. The van der Waals surface area contributed by atoms with E-state index in [9.17, 15) is 9.59 Å². The number of nitrogens with zero attached hydrogens (tertiary/aromatic N) is 4. The highest BCUT2D eigenvalue weighted by Gasteiger charge is 2.19. The van der Waals surface area contributed by atoms with Gasteiger partial charge in [0.15, 0.2) is 17.2 Å². The summed E-state index contributed by atoms with van der Waals surface area (Å²) in [5.74, 6) is -0.341. The highest BCUT2D eigenvalue weighted by atomic mass is 16.6. The molecule has 3 rings (SSSR count). The first kappa shape index (κ1) is 23.8. The average molecular weight is 450 g/mol. The Balaban J connectivity index is 1.73. The van der Waals surface area contributed by atoms with E-state index in [1.165, 1.54) is 7.11 Å². The molecule has 0 unspecified atom stereocenters. The number of hydrogen-bond acceptors (Lipinski definition) is 8. The summed E-state index contributed by atoms with van der Waals surface area (Å²) in [7, 11) is 1.48. The summed E-state index contributed by atoms with van der Waals surface area (Å²) in [6, 6.07) is 5.05. The molecule has 2 heterocycles. The van der Waals surface area contributed by atoms with Crippen molar-refractivity contribution in [1.82, 2.24) is 25.3 Å². The van der Waals surface area contributed by atoms with Crippen LogP contribution in [-0.4, -0.2) is 38.9 Å². The second kappa shape index (κ2) is 9.72. The first-order chi connectivity index (χ1) is 15.6. The number of methoxy groups -OCH3 is 1. The molecule has 9 heteroatoms. The minimum absolute atomic E-state index is 0.154.